The summed E-state index contributed by atoms with van der Waals surface area (Å²) in [4.78, 5) is 14.8. The van der Waals surface area contributed by atoms with Crippen LogP contribution in [0.15, 0.2) is 48.9 Å². The Balaban J connectivity index is 2.04. The lowest BCUT2D eigenvalue weighted by Gasteiger charge is -2.05. The highest BCUT2D eigenvalue weighted by atomic mass is 19.1. The molecule has 0 fully saturated rings. The second-order valence-corrected chi connectivity index (χ2v) is 4.35. The zero-order valence-corrected chi connectivity index (χ0v) is 10.1. The number of carbonyl (C=O) groups is 1. The number of nitrogens with zero attached hydrogens (tertiary/aromatic N) is 2. The van der Waals surface area contributed by atoms with Gasteiger partial charge in [-0.15, -0.1) is 0 Å². The molecular formula is C15H11FN2O. The van der Waals surface area contributed by atoms with E-state index in [1.165, 1.54) is 12.3 Å². The Morgan fingerprint density at radius 2 is 2.16 bits per heavy atom. The van der Waals surface area contributed by atoms with Gasteiger partial charge in [-0.25, -0.2) is 4.39 Å². The fraction of sp³-hybridized carbons (Fsp3) is 0.0667. The van der Waals surface area contributed by atoms with Crippen molar-refractivity contribution in [1.29, 1.82) is 0 Å². The van der Waals surface area contributed by atoms with E-state index in [0.29, 0.717) is 12.1 Å². The van der Waals surface area contributed by atoms with Crippen LogP contribution in [0.3, 0.4) is 0 Å². The minimum absolute atomic E-state index is 0.345. The van der Waals surface area contributed by atoms with Crippen LogP contribution in [0.1, 0.15) is 15.9 Å². The molecule has 0 unspecified atom stereocenters. The summed E-state index contributed by atoms with van der Waals surface area (Å²) in [5, 5.41) is 0.905. The van der Waals surface area contributed by atoms with Crippen LogP contribution >= 0.6 is 0 Å². The predicted octanol–water partition coefficient (Wildman–Crippen LogP) is 3.04. The molecule has 0 aliphatic rings. The molecule has 4 heteroatoms. The van der Waals surface area contributed by atoms with Gasteiger partial charge in [-0.3, -0.25) is 9.78 Å². The van der Waals surface area contributed by atoms with Crippen molar-refractivity contribution < 1.29 is 9.18 Å². The summed E-state index contributed by atoms with van der Waals surface area (Å²) in [6.07, 6.45) is 5.55. The Morgan fingerprint density at radius 1 is 1.26 bits per heavy atom. The van der Waals surface area contributed by atoms with E-state index < -0.39 is 0 Å². The number of hydrogen-bond donors (Lipinski definition) is 0. The van der Waals surface area contributed by atoms with Gasteiger partial charge in [0.2, 0.25) is 0 Å². The lowest BCUT2D eigenvalue weighted by atomic mass is 10.1. The highest BCUT2D eigenvalue weighted by Crippen LogP contribution is 2.20. The lowest BCUT2D eigenvalue weighted by molar-refractivity contribution is 0.112. The smallest absolute Gasteiger partial charge is 0.150 e. The fourth-order valence-corrected chi connectivity index (χ4v) is 2.23. The van der Waals surface area contributed by atoms with Crippen LogP contribution in [0.5, 0.6) is 0 Å². The molecule has 0 aliphatic heterocycles. The third kappa shape index (κ3) is 2.12. The average molecular weight is 254 g/mol. The highest BCUT2D eigenvalue weighted by molar-refractivity contribution is 5.97. The number of hydrogen-bond acceptors (Lipinski definition) is 2. The van der Waals surface area contributed by atoms with Crippen molar-refractivity contribution in [2.75, 3.05) is 0 Å². The molecule has 0 N–H and O–H groups in total. The van der Waals surface area contributed by atoms with E-state index in [2.05, 4.69) is 4.98 Å². The van der Waals surface area contributed by atoms with Crippen LogP contribution in [0.4, 0.5) is 4.39 Å². The van der Waals surface area contributed by atoms with E-state index in [1.807, 2.05) is 29.0 Å². The summed E-state index contributed by atoms with van der Waals surface area (Å²) in [5.74, 6) is -0.345. The first kappa shape index (κ1) is 11.6. The molecule has 3 aromatic rings. The third-order valence-electron chi connectivity index (χ3n) is 3.09. The van der Waals surface area contributed by atoms with E-state index in [-0.39, 0.29) is 5.82 Å². The standard InChI is InChI=1S/C15H11FN2O/c16-13-6-11(7-17-8-13)9-18-5-4-14-12(10-19)2-1-3-15(14)18/h1-8,10H,9H2. The molecule has 0 amide bonds. The molecule has 0 atom stereocenters. The van der Waals surface area contributed by atoms with Crippen LogP contribution in [0.2, 0.25) is 0 Å². The van der Waals surface area contributed by atoms with Gasteiger partial charge in [0.15, 0.2) is 6.29 Å². The van der Waals surface area contributed by atoms with E-state index in [9.17, 15) is 9.18 Å². The average Bonchev–Trinajstić information content (AvgIpc) is 2.82. The number of pyridine rings is 1. The van der Waals surface area contributed by atoms with Crippen LogP contribution in [-0.4, -0.2) is 15.8 Å². The molecule has 94 valence electrons. The van der Waals surface area contributed by atoms with Gasteiger partial charge in [-0.1, -0.05) is 12.1 Å². The Kier molecular flexibility index (Phi) is 2.83. The van der Waals surface area contributed by atoms with Gasteiger partial charge < -0.3 is 4.57 Å². The lowest BCUT2D eigenvalue weighted by Crippen LogP contribution is -1.99. The van der Waals surface area contributed by atoms with Crippen LogP contribution in [0.25, 0.3) is 10.9 Å². The van der Waals surface area contributed by atoms with Crippen LogP contribution in [-0.2, 0) is 6.54 Å². The van der Waals surface area contributed by atoms with Crippen molar-refractivity contribution in [3.05, 3.63) is 65.9 Å². The van der Waals surface area contributed by atoms with Crippen molar-refractivity contribution in [3.63, 3.8) is 0 Å². The summed E-state index contributed by atoms with van der Waals surface area (Å²) < 4.78 is 15.1. The van der Waals surface area contributed by atoms with E-state index in [1.54, 1.807) is 12.3 Å². The van der Waals surface area contributed by atoms with Crippen molar-refractivity contribution in [1.82, 2.24) is 9.55 Å². The minimum atomic E-state index is -0.345. The SMILES string of the molecule is O=Cc1cccc2c1ccn2Cc1cncc(F)c1. The summed E-state index contributed by atoms with van der Waals surface area (Å²) >= 11 is 0. The van der Waals surface area contributed by atoms with E-state index in [4.69, 9.17) is 0 Å². The molecule has 19 heavy (non-hydrogen) atoms. The number of benzene rings is 1. The van der Waals surface area contributed by atoms with Gasteiger partial charge in [0, 0.05) is 35.4 Å². The largest absolute Gasteiger partial charge is 0.343 e. The molecule has 1 aromatic carbocycles. The Hall–Kier alpha value is -2.49. The molecule has 3 nitrogen and oxygen atoms in total. The second-order valence-electron chi connectivity index (χ2n) is 4.35. The number of aromatic nitrogens is 2. The van der Waals surface area contributed by atoms with Crippen molar-refractivity contribution in [2.45, 2.75) is 6.54 Å². The summed E-state index contributed by atoms with van der Waals surface area (Å²) in [7, 11) is 0. The molecule has 3 rings (SSSR count). The Bertz CT molecular complexity index is 749. The zero-order chi connectivity index (χ0) is 13.2. The zero-order valence-electron chi connectivity index (χ0n) is 10.1. The topological polar surface area (TPSA) is 34.9 Å². The van der Waals surface area contributed by atoms with Crippen molar-refractivity contribution >= 4 is 17.2 Å². The van der Waals surface area contributed by atoms with Gasteiger partial charge in [0.05, 0.1) is 6.20 Å². The number of rotatable bonds is 3. The molecule has 0 aliphatic carbocycles. The molecule has 2 aromatic heterocycles. The van der Waals surface area contributed by atoms with Gasteiger partial charge >= 0.3 is 0 Å². The molecule has 0 spiro atoms. The monoisotopic (exact) mass is 254 g/mol. The molecule has 2 heterocycles. The number of halogens is 1. The molecule has 0 radical (unpaired) electrons. The van der Waals surface area contributed by atoms with Crippen molar-refractivity contribution in [2.24, 2.45) is 0 Å². The van der Waals surface area contributed by atoms with Crippen LogP contribution < -0.4 is 0 Å². The van der Waals surface area contributed by atoms with Gasteiger partial charge in [-0.05, 0) is 23.8 Å². The first-order valence-electron chi connectivity index (χ1n) is 5.90. The van der Waals surface area contributed by atoms with Crippen LogP contribution in [0, 0.1) is 5.82 Å². The first-order chi connectivity index (χ1) is 9.28. The van der Waals surface area contributed by atoms with E-state index in [0.717, 1.165) is 22.8 Å². The molecule has 0 saturated heterocycles. The predicted molar refractivity (Wildman–Crippen MR) is 70.6 cm³/mol. The van der Waals surface area contributed by atoms with E-state index >= 15 is 0 Å². The second kappa shape index (κ2) is 4.65. The summed E-state index contributed by atoms with van der Waals surface area (Å²) in [6.45, 7) is 0.524. The first-order valence-corrected chi connectivity index (χ1v) is 5.90. The third-order valence-corrected chi connectivity index (χ3v) is 3.09. The normalized spacial score (nSPS) is 10.8. The number of carbonyl (C=O) groups excluding carboxylic acids is 1. The number of fused-ring (bicyclic) bond motifs is 1. The van der Waals surface area contributed by atoms with Crippen molar-refractivity contribution in [3.8, 4) is 0 Å². The minimum Gasteiger partial charge on any atom is -0.343 e. The van der Waals surface area contributed by atoms with Gasteiger partial charge in [-0.2, -0.15) is 0 Å². The van der Waals surface area contributed by atoms with Gasteiger partial charge in [0.25, 0.3) is 0 Å². The molecule has 0 saturated carbocycles. The summed E-state index contributed by atoms with van der Waals surface area (Å²) in [5.41, 5.74) is 2.40. The molecular weight excluding hydrogens is 243 g/mol. The van der Waals surface area contributed by atoms with Gasteiger partial charge in [0.1, 0.15) is 5.82 Å². The summed E-state index contributed by atoms with van der Waals surface area (Å²) in [6, 6.07) is 8.92. The Morgan fingerprint density at radius 3 is 2.95 bits per heavy atom. The fourth-order valence-electron chi connectivity index (χ4n) is 2.23. The Labute approximate surface area is 109 Å². The molecule has 0 bridgehead atoms. The maximum Gasteiger partial charge on any atom is 0.150 e. The quantitative estimate of drug-likeness (QED) is 0.673. The maximum absolute atomic E-state index is 13.1. The maximum atomic E-state index is 13.1. The highest BCUT2D eigenvalue weighted by Gasteiger charge is 2.06. The number of aldehydes is 1.